The lowest BCUT2D eigenvalue weighted by atomic mass is 9.98. The van der Waals surface area contributed by atoms with Crippen molar-refractivity contribution in [1.29, 1.82) is 0 Å². The van der Waals surface area contributed by atoms with Gasteiger partial charge in [0.1, 0.15) is 18.4 Å². The quantitative estimate of drug-likeness (QED) is 0.468. The van der Waals surface area contributed by atoms with Crippen LogP contribution in [0.4, 0.5) is 10.5 Å². The number of rotatable bonds is 8. The molecule has 0 bridgehead atoms. The number of ether oxygens (including phenoxy) is 2. The molecule has 0 saturated carbocycles. The van der Waals surface area contributed by atoms with Crippen molar-refractivity contribution in [3.05, 3.63) is 83.9 Å². The highest BCUT2D eigenvalue weighted by Crippen LogP contribution is 2.44. The van der Waals surface area contributed by atoms with Crippen molar-refractivity contribution in [3.8, 4) is 16.9 Å². The largest absolute Gasteiger partial charge is 0.480 e. The number of nitrogens with one attached hydrogen (secondary N) is 2. The van der Waals surface area contributed by atoms with Gasteiger partial charge < -0.3 is 25.2 Å². The number of amides is 2. The summed E-state index contributed by atoms with van der Waals surface area (Å²) < 4.78 is 10.7. The van der Waals surface area contributed by atoms with Crippen LogP contribution < -0.4 is 15.4 Å². The fraction of sp³-hybridized carbons (Fsp3) is 0.192. The summed E-state index contributed by atoms with van der Waals surface area (Å²) in [4.78, 5) is 35.8. The van der Waals surface area contributed by atoms with Crippen LogP contribution in [0, 0.1) is 0 Å². The van der Waals surface area contributed by atoms with E-state index < -0.39 is 30.6 Å². The molecule has 0 saturated heterocycles. The number of hydrogen-bond donors (Lipinski definition) is 3. The number of anilines is 1. The Morgan fingerprint density at radius 3 is 2.15 bits per heavy atom. The van der Waals surface area contributed by atoms with E-state index in [4.69, 9.17) is 14.6 Å². The lowest BCUT2D eigenvalue weighted by Crippen LogP contribution is -2.42. The number of carboxylic acid groups (broad SMARTS) is 1. The van der Waals surface area contributed by atoms with Gasteiger partial charge in [0, 0.05) is 5.92 Å². The molecule has 8 nitrogen and oxygen atoms in total. The van der Waals surface area contributed by atoms with Crippen LogP contribution in [0.15, 0.2) is 72.8 Å². The molecular formula is C26H24N2O6. The second-order valence-corrected chi connectivity index (χ2v) is 7.86. The molecule has 174 valence electrons. The van der Waals surface area contributed by atoms with Gasteiger partial charge in [-0.3, -0.25) is 4.79 Å². The van der Waals surface area contributed by atoms with E-state index in [2.05, 4.69) is 22.8 Å². The number of hydrogen-bond acceptors (Lipinski definition) is 5. The molecule has 1 aliphatic rings. The second kappa shape index (κ2) is 10.1. The molecule has 0 aromatic heterocycles. The Kier molecular flexibility index (Phi) is 6.77. The van der Waals surface area contributed by atoms with Crippen LogP contribution >= 0.6 is 0 Å². The molecule has 34 heavy (non-hydrogen) atoms. The Morgan fingerprint density at radius 2 is 1.50 bits per heavy atom. The first-order valence-electron chi connectivity index (χ1n) is 10.8. The number of benzene rings is 3. The van der Waals surface area contributed by atoms with Gasteiger partial charge in [0.25, 0.3) is 0 Å². The highest BCUT2D eigenvalue weighted by molar-refractivity contribution is 5.97. The fourth-order valence-corrected chi connectivity index (χ4v) is 3.96. The van der Waals surface area contributed by atoms with E-state index in [1.165, 1.54) is 6.92 Å². The maximum Gasteiger partial charge on any atom is 0.407 e. The Hall–Kier alpha value is -4.33. The first-order chi connectivity index (χ1) is 16.4. The SMILES string of the molecule is CC(NC(=O)OCC1c2ccccc2-c2ccccc21)C(=O)Nc1ccccc1OCC(=O)O. The van der Waals surface area contributed by atoms with Crippen LogP contribution in [-0.4, -0.2) is 42.3 Å². The van der Waals surface area contributed by atoms with Crippen LogP contribution in [-0.2, 0) is 14.3 Å². The minimum atomic E-state index is -1.13. The molecule has 4 rings (SSSR count). The molecule has 3 aromatic rings. The van der Waals surface area contributed by atoms with Crippen LogP contribution in [0.2, 0.25) is 0 Å². The first-order valence-corrected chi connectivity index (χ1v) is 10.8. The molecule has 1 atom stereocenters. The van der Waals surface area contributed by atoms with Gasteiger partial charge in [0.05, 0.1) is 5.69 Å². The van der Waals surface area contributed by atoms with Gasteiger partial charge in [-0.2, -0.15) is 0 Å². The molecule has 0 radical (unpaired) electrons. The van der Waals surface area contributed by atoms with Crippen molar-refractivity contribution < 1.29 is 29.0 Å². The number of fused-ring (bicyclic) bond motifs is 3. The van der Waals surface area contributed by atoms with Gasteiger partial charge in [0.2, 0.25) is 5.91 Å². The van der Waals surface area contributed by atoms with Gasteiger partial charge in [-0.25, -0.2) is 9.59 Å². The summed E-state index contributed by atoms with van der Waals surface area (Å²) in [5.74, 6) is -1.50. The van der Waals surface area contributed by atoms with E-state index in [-0.39, 0.29) is 18.3 Å². The van der Waals surface area contributed by atoms with E-state index in [1.807, 2.05) is 36.4 Å². The zero-order valence-corrected chi connectivity index (χ0v) is 18.5. The Labute approximate surface area is 196 Å². The van der Waals surface area contributed by atoms with Crippen molar-refractivity contribution in [2.45, 2.75) is 18.9 Å². The van der Waals surface area contributed by atoms with Crippen LogP contribution in [0.25, 0.3) is 11.1 Å². The Balaban J connectivity index is 1.34. The number of carbonyl (C=O) groups excluding carboxylic acids is 2. The molecule has 8 heteroatoms. The first kappa shape index (κ1) is 22.8. The zero-order valence-electron chi connectivity index (χ0n) is 18.5. The molecule has 1 aliphatic carbocycles. The lowest BCUT2D eigenvalue weighted by Gasteiger charge is -2.18. The monoisotopic (exact) mass is 460 g/mol. The highest BCUT2D eigenvalue weighted by Gasteiger charge is 2.29. The number of carbonyl (C=O) groups is 3. The van der Waals surface area contributed by atoms with E-state index in [9.17, 15) is 14.4 Å². The average Bonchev–Trinajstić information content (AvgIpc) is 3.16. The zero-order chi connectivity index (χ0) is 24.1. The molecule has 2 amide bonds. The van der Waals surface area contributed by atoms with Crippen LogP contribution in [0.1, 0.15) is 24.0 Å². The normalized spacial score (nSPS) is 12.7. The van der Waals surface area contributed by atoms with Gasteiger partial charge in [-0.15, -0.1) is 0 Å². The molecule has 3 N–H and O–H groups in total. The number of para-hydroxylation sites is 2. The molecule has 0 heterocycles. The minimum Gasteiger partial charge on any atom is -0.480 e. The average molecular weight is 460 g/mol. The maximum atomic E-state index is 12.6. The fourth-order valence-electron chi connectivity index (χ4n) is 3.96. The third kappa shape index (κ3) is 5.01. The summed E-state index contributed by atoms with van der Waals surface area (Å²) in [6.07, 6.45) is -0.708. The summed E-state index contributed by atoms with van der Waals surface area (Å²) in [6, 6.07) is 21.6. The van der Waals surface area contributed by atoms with Crippen molar-refractivity contribution >= 4 is 23.7 Å². The van der Waals surface area contributed by atoms with Crippen molar-refractivity contribution in [3.63, 3.8) is 0 Å². The van der Waals surface area contributed by atoms with Crippen LogP contribution in [0.5, 0.6) is 5.75 Å². The third-order valence-corrected chi connectivity index (χ3v) is 5.57. The summed E-state index contributed by atoms with van der Waals surface area (Å²) in [5, 5.41) is 14.0. The maximum absolute atomic E-state index is 12.6. The predicted octanol–water partition coefficient (Wildman–Crippen LogP) is 4.02. The van der Waals surface area contributed by atoms with Gasteiger partial charge in [-0.05, 0) is 41.3 Å². The van der Waals surface area contributed by atoms with Gasteiger partial charge >= 0.3 is 12.1 Å². The van der Waals surface area contributed by atoms with Crippen molar-refractivity contribution in [1.82, 2.24) is 5.32 Å². The van der Waals surface area contributed by atoms with Gasteiger partial charge in [-0.1, -0.05) is 60.7 Å². The second-order valence-electron chi connectivity index (χ2n) is 7.86. The van der Waals surface area contributed by atoms with Crippen molar-refractivity contribution in [2.75, 3.05) is 18.5 Å². The molecule has 1 unspecified atom stereocenters. The number of carboxylic acids is 1. The van der Waals surface area contributed by atoms with E-state index >= 15 is 0 Å². The Morgan fingerprint density at radius 1 is 0.912 bits per heavy atom. The highest BCUT2D eigenvalue weighted by atomic mass is 16.5. The third-order valence-electron chi connectivity index (χ3n) is 5.57. The summed E-state index contributed by atoms with van der Waals surface area (Å²) >= 11 is 0. The number of alkyl carbamates (subject to hydrolysis) is 1. The standard InChI is InChI=1S/C26H24N2O6/c1-16(25(31)28-22-12-6-7-13-23(22)33-15-24(29)30)27-26(32)34-14-21-19-10-4-2-8-17(19)18-9-3-5-11-20(18)21/h2-13,16,21H,14-15H2,1H3,(H,27,32)(H,28,31)(H,29,30). The number of aliphatic carboxylic acids is 1. The summed E-state index contributed by atoms with van der Waals surface area (Å²) in [6.45, 7) is 1.12. The van der Waals surface area contributed by atoms with Crippen molar-refractivity contribution in [2.24, 2.45) is 0 Å². The summed E-state index contributed by atoms with van der Waals surface area (Å²) in [7, 11) is 0. The Bertz CT molecular complexity index is 1180. The van der Waals surface area contributed by atoms with E-state index in [0.29, 0.717) is 5.69 Å². The predicted molar refractivity (Wildman–Crippen MR) is 126 cm³/mol. The minimum absolute atomic E-state index is 0.0828. The molecular weight excluding hydrogens is 436 g/mol. The lowest BCUT2D eigenvalue weighted by molar-refractivity contribution is -0.139. The molecule has 0 spiro atoms. The molecule has 0 fully saturated rings. The van der Waals surface area contributed by atoms with Crippen LogP contribution in [0.3, 0.4) is 0 Å². The smallest absolute Gasteiger partial charge is 0.407 e. The van der Waals surface area contributed by atoms with Gasteiger partial charge in [0.15, 0.2) is 6.61 Å². The topological polar surface area (TPSA) is 114 Å². The molecule has 3 aromatic carbocycles. The molecule has 0 aliphatic heterocycles. The van der Waals surface area contributed by atoms with E-state index in [1.54, 1.807) is 24.3 Å². The van der Waals surface area contributed by atoms with E-state index in [0.717, 1.165) is 22.3 Å². The summed E-state index contributed by atoms with van der Waals surface area (Å²) in [5.41, 5.74) is 4.75.